The smallest absolute Gasteiger partial charge is 0.272 e. The minimum absolute atomic E-state index is 0.0959. The Hall–Kier alpha value is -3.21. The van der Waals surface area contributed by atoms with Crippen LogP contribution in [0, 0.1) is 20.8 Å². The van der Waals surface area contributed by atoms with Crippen LogP contribution < -0.4 is 5.32 Å². The van der Waals surface area contributed by atoms with Crippen molar-refractivity contribution in [1.82, 2.24) is 14.9 Å². The monoisotopic (exact) mass is 374 g/mol. The summed E-state index contributed by atoms with van der Waals surface area (Å²) in [5, 5.41) is 3.29. The molecule has 0 fully saturated rings. The normalized spacial score (nSPS) is 10.6. The summed E-state index contributed by atoms with van der Waals surface area (Å²) < 4.78 is 0. The van der Waals surface area contributed by atoms with E-state index in [4.69, 9.17) is 0 Å². The summed E-state index contributed by atoms with van der Waals surface area (Å²) in [7, 11) is 0. The zero-order chi connectivity index (χ0) is 20.1. The summed E-state index contributed by atoms with van der Waals surface area (Å²) in [6.07, 6.45) is 0. The van der Waals surface area contributed by atoms with Gasteiger partial charge in [-0.3, -0.25) is 4.79 Å². The molecule has 0 aliphatic carbocycles. The van der Waals surface area contributed by atoms with Crippen molar-refractivity contribution in [2.24, 2.45) is 0 Å². The fourth-order valence-electron chi connectivity index (χ4n) is 3.15. The first kappa shape index (κ1) is 19.5. The minimum atomic E-state index is -0.0959. The third-order valence-corrected chi connectivity index (χ3v) is 4.68. The summed E-state index contributed by atoms with van der Waals surface area (Å²) in [6, 6.07) is 17.8. The first-order chi connectivity index (χ1) is 13.5. The van der Waals surface area contributed by atoms with Crippen molar-refractivity contribution in [3.63, 3.8) is 0 Å². The van der Waals surface area contributed by atoms with Gasteiger partial charge >= 0.3 is 0 Å². The fraction of sp³-hybridized carbons (Fsp3) is 0.261. The van der Waals surface area contributed by atoms with Crippen LogP contribution in [-0.4, -0.2) is 27.3 Å². The number of hydrogen-bond acceptors (Lipinski definition) is 4. The maximum absolute atomic E-state index is 13.1. The number of aryl methyl sites for hydroxylation is 3. The average Bonchev–Trinajstić information content (AvgIpc) is 2.69. The molecular formula is C23H26N4O. The van der Waals surface area contributed by atoms with E-state index in [9.17, 15) is 4.79 Å². The third kappa shape index (κ3) is 4.55. The molecule has 0 spiro atoms. The van der Waals surface area contributed by atoms with Crippen LogP contribution in [0.1, 0.15) is 39.8 Å². The Kier molecular flexibility index (Phi) is 6.04. The van der Waals surface area contributed by atoms with Gasteiger partial charge in [-0.15, -0.1) is 0 Å². The maximum Gasteiger partial charge on any atom is 0.272 e. The Morgan fingerprint density at radius 2 is 1.64 bits per heavy atom. The lowest BCUT2D eigenvalue weighted by Gasteiger charge is -2.21. The molecule has 0 radical (unpaired) electrons. The van der Waals surface area contributed by atoms with E-state index >= 15 is 0 Å². The predicted octanol–water partition coefficient (Wildman–Crippen LogP) is 4.81. The van der Waals surface area contributed by atoms with Crippen molar-refractivity contribution in [3.8, 4) is 0 Å². The van der Waals surface area contributed by atoms with Crippen molar-refractivity contribution >= 4 is 17.5 Å². The molecule has 5 nitrogen and oxygen atoms in total. The SMILES string of the molecule is CCN(Cc1ccccc1)C(=O)c1cc(C)nc(Nc2c(C)cccc2C)n1. The van der Waals surface area contributed by atoms with Gasteiger partial charge < -0.3 is 10.2 Å². The van der Waals surface area contributed by atoms with Gasteiger partial charge in [0.05, 0.1) is 0 Å². The van der Waals surface area contributed by atoms with Gasteiger partial charge in [0.1, 0.15) is 5.69 Å². The molecular weight excluding hydrogens is 348 g/mol. The van der Waals surface area contributed by atoms with Gasteiger partial charge in [-0.2, -0.15) is 0 Å². The van der Waals surface area contributed by atoms with E-state index in [0.717, 1.165) is 28.1 Å². The second-order valence-corrected chi connectivity index (χ2v) is 6.91. The lowest BCUT2D eigenvalue weighted by Crippen LogP contribution is -2.31. The van der Waals surface area contributed by atoms with E-state index in [1.54, 1.807) is 11.0 Å². The van der Waals surface area contributed by atoms with Crippen LogP contribution in [0.3, 0.4) is 0 Å². The molecule has 0 bridgehead atoms. The Morgan fingerprint density at radius 3 is 2.29 bits per heavy atom. The molecule has 1 aromatic heterocycles. The average molecular weight is 374 g/mol. The molecule has 3 aromatic rings. The molecule has 5 heteroatoms. The van der Waals surface area contributed by atoms with E-state index < -0.39 is 0 Å². The maximum atomic E-state index is 13.1. The number of aromatic nitrogens is 2. The van der Waals surface area contributed by atoms with Gasteiger partial charge in [0.2, 0.25) is 5.95 Å². The van der Waals surface area contributed by atoms with Gasteiger partial charge in [-0.05, 0) is 50.5 Å². The number of hydrogen-bond donors (Lipinski definition) is 1. The molecule has 1 heterocycles. The van der Waals surface area contributed by atoms with Crippen molar-refractivity contribution in [2.45, 2.75) is 34.2 Å². The largest absolute Gasteiger partial charge is 0.333 e. The highest BCUT2D eigenvalue weighted by Gasteiger charge is 2.18. The molecule has 1 N–H and O–H groups in total. The van der Waals surface area contributed by atoms with Crippen LogP contribution in [0.5, 0.6) is 0 Å². The summed E-state index contributed by atoms with van der Waals surface area (Å²) in [4.78, 5) is 23.8. The number of rotatable bonds is 6. The topological polar surface area (TPSA) is 58.1 Å². The van der Waals surface area contributed by atoms with Gasteiger partial charge in [0.15, 0.2) is 0 Å². The standard InChI is InChI=1S/C23H26N4O/c1-5-27(15-19-12-7-6-8-13-19)22(28)20-14-18(4)24-23(25-20)26-21-16(2)10-9-11-17(21)3/h6-14H,5,15H2,1-4H3,(H,24,25,26). The van der Waals surface area contributed by atoms with Crippen LogP contribution >= 0.6 is 0 Å². The Morgan fingerprint density at radius 1 is 0.964 bits per heavy atom. The minimum Gasteiger partial charge on any atom is -0.333 e. The summed E-state index contributed by atoms with van der Waals surface area (Å²) >= 11 is 0. The zero-order valence-electron chi connectivity index (χ0n) is 16.9. The Bertz CT molecular complexity index is 949. The highest BCUT2D eigenvalue weighted by Crippen LogP contribution is 2.23. The van der Waals surface area contributed by atoms with Gasteiger partial charge in [0.25, 0.3) is 5.91 Å². The number of amides is 1. The van der Waals surface area contributed by atoms with Gasteiger partial charge in [-0.25, -0.2) is 9.97 Å². The van der Waals surface area contributed by atoms with Crippen molar-refractivity contribution in [1.29, 1.82) is 0 Å². The van der Waals surface area contributed by atoms with E-state index in [0.29, 0.717) is 24.7 Å². The number of nitrogens with zero attached hydrogens (tertiary/aromatic N) is 3. The second-order valence-electron chi connectivity index (χ2n) is 6.91. The highest BCUT2D eigenvalue weighted by atomic mass is 16.2. The van der Waals surface area contributed by atoms with Crippen molar-refractivity contribution in [2.75, 3.05) is 11.9 Å². The Labute approximate surface area is 166 Å². The molecule has 144 valence electrons. The summed E-state index contributed by atoms with van der Waals surface area (Å²) in [5.41, 5.74) is 5.44. The molecule has 0 saturated carbocycles. The van der Waals surface area contributed by atoms with Crippen LogP contribution in [-0.2, 0) is 6.54 Å². The predicted molar refractivity (Wildman–Crippen MR) is 113 cm³/mol. The van der Waals surface area contributed by atoms with Crippen LogP contribution in [0.15, 0.2) is 54.6 Å². The number of nitrogens with one attached hydrogen (secondary N) is 1. The summed E-state index contributed by atoms with van der Waals surface area (Å²) in [6.45, 7) is 9.09. The lowest BCUT2D eigenvalue weighted by atomic mass is 10.1. The summed E-state index contributed by atoms with van der Waals surface area (Å²) in [5.74, 6) is 0.345. The zero-order valence-corrected chi connectivity index (χ0v) is 16.9. The van der Waals surface area contributed by atoms with Crippen LogP contribution in [0.25, 0.3) is 0 Å². The fourth-order valence-corrected chi connectivity index (χ4v) is 3.15. The molecule has 2 aromatic carbocycles. The van der Waals surface area contributed by atoms with Crippen molar-refractivity contribution in [3.05, 3.63) is 82.7 Å². The molecule has 28 heavy (non-hydrogen) atoms. The third-order valence-electron chi connectivity index (χ3n) is 4.68. The molecule has 0 aliphatic rings. The van der Waals surface area contributed by atoms with E-state index in [-0.39, 0.29) is 5.91 Å². The van der Waals surface area contributed by atoms with Gasteiger partial charge in [0, 0.05) is 24.5 Å². The highest BCUT2D eigenvalue weighted by molar-refractivity contribution is 5.92. The second kappa shape index (κ2) is 8.65. The molecule has 0 saturated heterocycles. The number of para-hydroxylation sites is 1. The molecule has 0 unspecified atom stereocenters. The first-order valence-electron chi connectivity index (χ1n) is 9.50. The number of benzene rings is 2. The van der Waals surface area contributed by atoms with E-state index in [2.05, 4.69) is 15.3 Å². The van der Waals surface area contributed by atoms with Crippen LogP contribution in [0.2, 0.25) is 0 Å². The van der Waals surface area contributed by atoms with Gasteiger partial charge in [-0.1, -0.05) is 48.5 Å². The number of anilines is 2. The van der Waals surface area contributed by atoms with E-state index in [1.165, 1.54) is 0 Å². The quantitative estimate of drug-likeness (QED) is 0.673. The number of carbonyl (C=O) groups excluding carboxylic acids is 1. The van der Waals surface area contributed by atoms with Crippen LogP contribution in [0.4, 0.5) is 11.6 Å². The van der Waals surface area contributed by atoms with E-state index in [1.807, 2.05) is 76.2 Å². The first-order valence-corrected chi connectivity index (χ1v) is 9.50. The lowest BCUT2D eigenvalue weighted by molar-refractivity contribution is 0.0746. The molecule has 0 atom stereocenters. The van der Waals surface area contributed by atoms with Crippen molar-refractivity contribution < 1.29 is 4.79 Å². The molecule has 0 aliphatic heterocycles. The Balaban J connectivity index is 1.86. The molecule has 1 amide bonds. The number of carbonyl (C=O) groups is 1. The molecule has 3 rings (SSSR count).